The second-order valence-electron chi connectivity index (χ2n) is 5.23. The van der Waals surface area contributed by atoms with Crippen molar-refractivity contribution in [1.29, 1.82) is 0 Å². The fourth-order valence-electron chi connectivity index (χ4n) is 2.45. The number of esters is 1. The number of ether oxygens (including phenoxy) is 1. The number of aromatic nitrogens is 2. The number of thioether (sulfide) groups is 1. The highest BCUT2D eigenvalue weighted by atomic mass is 32.2. The van der Waals surface area contributed by atoms with Crippen molar-refractivity contribution in [2.24, 2.45) is 0 Å². The minimum atomic E-state index is -0.306. The summed E-state index contributed by atoms with van der Waals surface area (Å²) in [5, 5.41) is 0.547. The summed E-state index contributed by atoms with van der Waals surface area (Å²) < 4.78 is 7.19. The lowest BCUT2D eigenvalue weighted by Gasteiger charge is -2.09. The van der Waals surface area contributed by atoms with Crippen LogP contribution in [0.4, 0.5) is 0 Å². The van der Waals surface area contributed by atoms with Gasteiger partial charge in [-0.1, -0.05) is 42.1 Å². The van der Waals surface area contributed by atoms with Crippen molar-refractivity contribution in [2.75, 3.05) is 12.4 Å². The van der Waals surface area contributed by atoms with Crippen molar-refractivity contribution in [2.45, 2.75) is 25.5 Å². The molecular formula is C18H18N2O3S2. The van der Waals surface area contributed by atoms with Gasteiger partial charge in [0.15, 0.2) is 5.16 Å². The molecule has 130 valence electrons. The van der Waals surface area contributed by atoms with E-state index in [2.05, 4.69) is 4.98 Å². The van der Waals surface area contributed by atoms with Crippen molar-refractivity contribution >= 4 is 39.3 Å². The minimum absolute atomic E-state index is 0.0639. The van der Waals surface area contributed by atoms with E-state index in [1.54, 1.807) is 11.5 Å². The molecule has 0 unspecified atom stereocenters. The van der Waals surface area contributed by atoms with Crippen LogP contribution in [-0.4, -0.2) is 27.9 Å². The number of thiophene rings is 1. The molecule has 0 radical (unpaired) electrons. The molecule has 0 atom stereocenters. The van der Waals surface area contributed by atoms with E-state index < -0.39 is 0 Å². The van der Waals surface area contributed by atoms with Crippen molar-refractivity contribution in [3.05, 3.63) is 46.8 Å². The van der Waals surface area contributed by atoms with Gasteiger partial charge in [0.1, 0.15) is 4.70 Å². The molecule has 1 aromatic carbocycles. The van der Waals surface area contributed by atoms with Gasteiger partial charge in [-0.05, 0) is 25.5 Å². The van der Waals surface area contributed by atoms with Gasteiger partial charge in [-0.3, -0.25) is 14.2 Å². The molecule has 0 aliphatic rings. The molecule has 0 fully saturated rings. The number of benzene rings is 1. The molecule has 0 saturated heterocycles. The Labute approximate surface area is 153 Å². The van der Waals surface area contributed by atoms with E-state index in [0.717, 1.165) is 10.4 Å². The second kappa shape index (κ2) is 7.84. The van der Waals surface area contributed by atoms with Crippen LogP contribution >= 0.6 is 23.1 Å². The number of rotatable bonds is 6. The molecule has 0 saturated carbocycles. The molecule has 0 aliphatic heterocycles. The molecule has 0 spiro atoms. The summed E-state index contributed by atoms with van der Waals surface area (Å²) in [7, 11) is 0. The molecule has 3 aromatic rings. The molecule has 0 amide bonds. The second-order valence-corrected chi connectivity index (χ2v) is 7.22. The molecule has 7 heteroatoms. The van der Waals surface area contributed by atoms with Crippen molar-refractivity contribution < 1.29 is 9.53 Å². The molecule has 0 N–H and O–H groups in total. The van der Waals surface area contributed by atoms with Crippen molar-refractivity contribution in [1.82, 2.24) is 9.55 Å². The van der Waals surface area contributed by atoms with Crippen LogP contribution in [0.15, 0.2) is 46.3 Å². The lowest BCUT2D eigenvalue weighted by molar-refractivity contribution is -0.139. The fourth-order valence-corrected chi connectivity index (χ4v) is 4.36. The Bertz CT molecular complexity index is 948. The predicted molar refractivity (Wildman–Crippen MR) is 102 cm³/mol. The third kappa shape index (κ3) is 3.77. The van der Waals surface area contributed by atoms with Gasteiger partial charge in [0.05, 0.1) is 17.9 Å². The Hall–Kier alpha value is -2.12. The van der Waals surface area contributed by atoms with Gasteiger partial charge >= 0.3 is 5.97 Å². The topological polar surface area (TPSA) is 61.2 Å². The monoisotopic (exact) mass is 374 g/mol. The third-order valence-corrected chi connectivity index (χ3v) is 5.71. The van der Waals surface area contributed by atoms with Crippen LogP contribution in [0.1, 0.15) is 13.8 Å². The van der Waals surface area contributed by atoms with Crippen molar-refractivity contribution in [3.63, 3.8) is 0 Å². The number of hydrogen-bond acceptors (Lipinski definition) is 6. The number of carbonyl (C=O) groups is 1. The first-order valence-electron chi connectivity index (χ1n) is 8.02. The van der Waals surface area contributed by atoms with Crippen LogP contribution in [0.2, 0.25) is 0 Å². The van der Waals surface area contributed by atoms with Gasteiger partial charge in [0.2, 0.25) is 0 Å². The molecule has 25 heavy (non-hydrogen) atoms. The zero-order chi connectivity index (χ0) is 17.8. The van der Waals surface area contributed by atoms with Crippen LogP contribution < -0.4 is 5.56 Å². The third-order valence-electron chi connectivity index (χ3n) is 3.60. The normalized spacial score (nSPS) is 11.0. The number of fused-ring (bicyclic) bond motifs is 1. The smallest absolute Gasteiger partial charge is 0.316 e. The van der Waals surface area contributed by atoms with Crippen LogP contribution in [0, 0.1) is 0 Å². The summed E-state index contributed by atoms with van der Waals surface area (Å²) in [5.74, 6) is -0.165. The largest absolute Gasteiger partial charge is 0.465 e. The number of carbonyl (C=O) groups excluding carboxylic acids is 1. The maximum atomic E-state index is 12.8. The van der Waals surface area contributed by atoms with Crippen LogP contribution in [0.3, 0.4) is 0 Å². The molecule has 0 aliphatic carbocycles. The standard InChI is InChI=1S/C18H18N2O3S2/c1-3-20-17(22)16-13(19-18(20)24-11-15(21)23-4-2)10-14(25-16)12-8-6-5-7-9-12/h5-10H,3-4,11H2,1-2H3. The summed E-state index contributed by atoms with van der Waals surface area (Å²) in [6.45, 7) is 4.52. The summed E-state index contributed by atoms with van der Waals surface area (Å²) in [6.07, 6.45) is 0. The Balaban J connectivity index is 2.01. The Morgan fingerprint density at radius 3 is 2.72 bits per heavy atom. The van der Waals surface area contributed by atoms with Gasteiger partial charge in [0.25, 0.3) is 5.56 Å². The highest BCUT2D eigenvalue weighted by Crippen LogP contribution is 2.31. The summed E-state index contributed by atoms with van der Waals surface area (Å²) >= 11 is 2.69. The lowest BCUT2D eigenvalue weighted by atomic mass is 10.2. The lowest BCUT2D eigenvalue weighted by Crippen LogP contribution is -2.22. The zero-order valence-electron chi connectivity index (χ0n) is 14.0. The summed E-state index contributed by atoms with van der Waals surface area (Å²) in [6, 6.07) is 11.9. The van der Waals surface area contributed by atoms with E-state index in [4.69, 9.17) is 4.74 Å². The fraction of sp³-hybridized carbons (Fsp3) is 0.278. The SMILES string of the molecule is CCOC(=O)CSc1nc2cc(-c3ccccc3)sc2c(=O)n1CC. The average Bonchev–Trinajstić information content (AvgIpc) is 3.05. The molecule has 3 rings (SSSR count). The maximum Gasteiger partial charge on any atom is 0.316 e. The van der Waals surface area contributed by atoms with Gasteiger partial charge in [0, 0.05) is 11.4 Å². The van der Waals surface area contributed by atoms with Crippen molar-refractivity contribution in [3.8, 4) is 10.4 Å². The van der Waals surface area contributed by atoms with E-state index in [1.807, 2.05) is 43.3 Å². The van der Waals surface area contributed by atoms with E-state index in [0.29, 0.717) is 28.5 Å². The highest BCUT2D eigenvalue weighted by molar-refractivity contribution is 7.99. The molecular weight excluding hydrogens is 356 g/mol. The van der Waals surface area contributed by atoms with Gasteiger partial charge in [-0.2, -0.15) is 0 Å². The first-order valence-corrected chi connectivity index (χ1v) is 9.82. The molecule has 2 heterocycles. The maximum absolute atomic E-state index is 12.8. The molecule has 0 bridgehead atoms. The first kappa shape index (κ1) is 17.7. The first-order chi connectivity index (χ1) is 12.1. The highest BCUT2D eigenvalue weighted by Gasteiger charge is 2.15. The summed E-state index contributed by atoms with van der Waals surface area (Å²) in [5.41, 5.74) is 1.67. The number of nitrogens with zero attached hydrogens (tertiary/aromatic N) is 2. The molecule has 5 nitrogen and oxygen atoms in total. The van der Waals surface area contributed by atoms with Crippen LogP contribution in [0.25, 0.3) is 20.7 Å². The minimum Gasteiger partial charge on any atom is -0.465 e. The Kier molecular flexibility index (Phi) is 5.55. The van der Waals surface area contributed by atoms with Gasteiger partial charge in [-0.15, -0.1) is 11.3 Å². The van der Waals surface area contributed by atoms with Crippen LogP contribution in [0.5, 0.6) is 0 Å². The predicted octanol–water partition coefficient (Wildman–Crippen LogP) is 3.80. The van der Waals surface area contributed by atoms with E-state index in [9.17, 15) is 9.59 Å². The number of hydrogen-bond donors (Lipinski definition) is 0. The summed E-state index contributed by atoms with van der Waals surface area (Å²) in [4.78, 5) is 30.0. The quantitative estimate of drug-likeness (QED) is 0.373. The Morgan fingerprint density at radius 1 is 1.28 bits per heavy atom. The average molecular weight is 374 g/mol. The van der Waals surface area contributed by atoms with Gasteiger partial charge < -0.3 is 4.74 Å². The van der Waals surface area contributed by atoms with E-state index >= 15 is 0 Å². The van der Waals surface area contributed by atoms with Gasteiger partial charge in [-0.25, -0.2) is 4.98 Å². The molecule has 2 aromatic heterocycles. The Morgan fingerprint density at radius 2 is 2.04 bits per heavy atom. The van der Waals surface area contributed by atoms with Crippen LogP contribution in [-0.2, 0) is 16.1 Å². The van der Waals surface area contributed by atoms with E-state index in [-0.39, 0.29) is 17.3 Å². The zero-order valence-corrected chi connectivity index (χ0v) is 15.7. The van der Waals surface area contributed by atoms with E-state index in [1.165, 1.54) is 23.1 Å².